The molecule has 3 heterocycles. The van der Waals surface area contributed by atoms with E-state index in [1.807, 2.05) is 6.20 Å². The highest BCUT2D eigenvalue weighted by atomic mass is 16.5. The summed E-state index contributed by atoms with van der Waals surface area (Å²) in [6, 6.07) is 30.5. The molecule has 0 radical (unpaired) electrons. The number of ether oxygens (including phenoxy) is 1. The number of benzene rings is 4. The monoisotopic (exact) mass is 674 g/mol. The first-order valence-corrected chi connectivity index (χ1v) is 18.3. The Kier molecular flexibility index (Phi) is 8.87. The Morgan fingerprint density at radius 3 is 2.18 bits per heavy atom. The number of nitrogens with zero attached hydrogens (tertiary/aromatic N) is 4. The molecule has 0 bridgehead atoms. The van der Waals surface area contributed by atoms with E-state index in [9.17, 15) is 0 Å². The van der Waals surface area contributed by atoms with Crippen LogP contribution in [0.5, 0.6) is 11.5 Å². The molecule has 0 amide bonds. The van der Waals surface area contributed by atoms with Crippen molar-refractivity contribution in [2.45, 2.75) is 93.4 Å². The van der Waals surface area contributed by atoms with Gasteiger partial charge in [0.1, 0.15) is 17.3 Å². The highest BCUT2D eigenvalue weighted by Gasteiger charge is 2.30. The second-order valence-corrected chi connectivity index (χ2v) is 15.6. The van der Waals surface area contributed by atoms with E-state index in [0.717, 1.165) is 52.6 Å². The molecule has 0 aliphatic carbocycles. The average molecular weight is 675 g/mol. The van der Waals surface area contributed by atoms with Gasteiger partial charge in [-0.05, 0) is 110 Å². The fraction of sp³-hybridized carbons (Fsp3) is 0.304. The summed E-state index contributed by atoms with van der Waals surface area (Å²) >= 11 is 0. The van der Waals surface area contributed by atoms with Gasteiger partial charge in [0.25, 0.3) is 0 Å². The zero-order valence-electron chi connectivity index (χ0n) is 31.8. The molecule has 0 aliphatic heterocycles. The van der Waals surface area contributed by atoms with Gasteiger partial charge in [-0.2, -0.15) is 5.10 Å². The van der Waals surface area contributed by atoms with Gasteiger partial charge in [0.05, 0.1) is 28.1 Å². The van der Waals surface area contributed by atoms with Gasteiger partial charge in [0, 0.05) is 40.1 Å². The summed E-state index contributed by atoms with van der Waals surface area (Å²) in [5.74, 6) is 2.79. The van der Waals surface area contributed by atoms with E-state index in [1.54, 1.807) is 0 Å². The summed E-state index contributed by atoms with van der Waals surface area (Å²) in [7, 11) is 0. The molecule has 3 aromatic heterocycles. The Balaban J connectivity index is 1.37. The number of fused-ring (bicyclic) bond motifs is 3. The zero-order chi connectivity index (χ0) is 36.2. The number of hydrogen-bond acceptors (Lipinski definition) is 3. The van der Waals surface area contributed by atoms with E-state index < -0.39 is 0 Å². The Bertz CT molecular complexity index is 2390. The zero-order valence-corrected chi connectivity index (χ0v) is 31.8. The van der Waals surface area contributed by atoms with Gasteiger partial charge >= 0.3 is 0 Å². The topological polar surface area (TPSA) is 44.9 Å². The lowest BCUT2D eigenvalue weighted by Gasteiger charge is -2.25. The van der Waals surface area contributed by atoms with Crippen molar-refractivity contribution >= 4 is 21.8 Å². The molecule has 7 rings (SSSR count). The molecule has 0 saturated heterocycles. The molecule has 0 saturated carbocycles. The highest BCUT2D eigenvalue weighted by Crippen LogP contribution is 2.42. The minimum absolute atomic E-state index is 0.171. The van der Waals surface area contributed by atoms with Crippen molar-refractivity contribution in [3.05, 3.63) is 130 Å². The van der Waals surface area contributed by atoms with Crippen LogP contribution in [0.3, 0.4) is 0 Å². The summed E-state index contributed by atoms with van der Waals surface area (Å²) < 4.78 is 11.2. The van der Waals surface area contributed by atoms with Crippen molar-refractivity contribution in [2.75, 3.05) is 0 Å². The molecule has 0 spiro atoms. The van der Waals surface area contributed by atoms with E-state index in [4.69, 9.17) is 14.8 Å². The minimum Gasteiger partial charge on any atom is -0.457 e. The van der Waals surface area contributed by atoms with Gasteiger partial charge < -0.3 is 4.74 Å². The van der Waals surface area contributed by atoms with Crippen molar-refractivity contribution in [2.24, 2.45) is 0 Å². The largest absolute Gasteiger partial charge is 0.457 e. The van der Waals surface area contributed by atoms with Gasteiger partial charge in [0.2, 0.25) is 0 Å². The van der Waals surface area contributed by atoms with Gasteiger partial charge in [-0.3, -0.25) is 4.57 Å². The lowest BCUT2D eigenvalue weighted by atomic mass is 9.83. The van der Waals surface area contributed by atoms with E-state index >= 15 is 0 Å². The van der Waals surface area contributed by atoms with Crippen molar-refractivity contribution < 1.29 is 4.74 Å². The SMILES string of the molecule is CCCc1ccnc(-n2c3ccccc3c3ccc(Oc4cc(C(C)C)cc(-n5nc(C)c(-c6c(C)cc(C)cc6C)c5C(C)(C)C)c4)cc32)c1. The average Bonchev–Trinajstić information content (AvgIpc) is 3.59. The van der Waals surface area contributed by atoms with E-state index in [2.05, 4.69) is 163 Å². The van der Waals surface area contributed by atoms with Crippen molar-refractivity contribution in [3.63, 3.8) is 0 Å². The highest BCUT2D eigenvalue weighted by molar-refractivity contribution is 6.09. The lowest BCUT2D eigenvalue weighted by molar-refractivity contribution is 0.480. The minimum atomic E-state index is -0.171. The standard InChI is InChI=1S/C46H50N4O/c1-11-14-33-19-20-47-42(23-33)49-40-16-13-12-15-38(40)39-18-17-36(27-41(39)49)51-37-25-34(28(2)3)24-35(26-37)50-45(46(8,9)10)44(32(7)48-50)43-30(5)21-29(4)22-31(43)6/h12-13,15-28H,11,14H2,1-10H3. The number of para-hydroxylation sites is 1. The molecule has 0 atom stereocenters. The van der Waals surface area contributed by atoms with Crippen LogP contribution < -0.4 is 4.74 Å². The molecule has 0 N–H and O–H groups in total. The van der Waals surface area contributed by atoms with Crippen LogP contribution in [-0.2, 0) is 11.8 Å². The van der Waals surface area contributed by atoms with Gasteiger partial charge in [-0.15, -0.1) is 0 Å². The van der Waals surface area contributed by atoms with Crippen LogP contribution in [0.15, 0.2) is 91.1 Å². The third-order valence-corrected chi connectivity index (χ3v) is 9.98. The van der Waals surface area contributed by atoms with Crippen LogP contribution in [0.4, 0.5) is 0 Å². The van der Waals surface area contributed by atoms with Crippen molar-refractivity contribution in [1.29, 1.82) is 0 Å². The molecule has 260 valence electrons. The second kappa shape index (κ2) is 13.2. The molecule has 0 unspecified atom stereocenters. The molecule has 0 aliphatic rings. The van der Waals surface area contributed by atoms with E-state index in [1.165, 1.54) is 55.4 Å². The van der Waals surface area contributed by atoms with Crippen LogP contribution in [0.2, 0.25) is 0 Å². The van der Waals surface area contributed by atoms with Crippen molar-refractivity contribution in [3.8, 4) is 34.1 Å². The van der Waals surface area contributed by atoms with Crippen LogP contribution in [0.1, 0.15) is 93.1 Å². The predicted molar refractivity (Wildman–Crippen MR) is 213 cm³/mol. The molecule has 7 aromatic rings. The first kappa shape index (κ1) is 34.3. The molecule has 4 aromatic carbocycles. The van der Waals surface area contributed by atoms with E-state index in [0.29, 0.717) is 5.92 Å². The van der Waals surface area contributed by atoms with Crippen LogP contribution in [-0.4, -0.2) is 19.3 Å². The van der Waals surface area contributed by atoms with Gasteiger partial charge in [-0.25, -0.2) is 9.67 Å². The first-order chi connectivity index (χ1) is 24.3. The van der Waals surface area contributed by atoms with Crippen molar-refractivity contribution in [1.82, 2.24) is 19.3 Å². The lowest BCUT2D eigenvalue weighted by Crippen LogP contribution is -2.19. The Morgan fingerprint density at radius 1 is 0.745 bits per heavy atom. The normalized spacial score (nSPS) is 12.1. The van der Waals surface area contributed by atoms with Crippen LogP contribution in [0, 0.1) is 27.7 Å². The maximum absolute atomic E-state index is 6.81. The Morgan fingerprint density at radius 2 is 1.47 bits per heavy atom. The molecule has 5 heteroatoms. The molecule has 0 fully saturated rings. The number of hydrogen-bond donors (Lipinski definition) is 0. The number of rotatable bonds is 8. The van der Waals surface area contributed by atoms with E-state index in [-0.39, 0.29) is 5.41 Å². The fourth-order valence-corrected chi connectivity index (χ4v) is 7.82. The quantitative estimate of drug-likeness (QED) is 0.161. The number of aryl methyl sites for hydroxylation is 5. The maximum atomic E-state index is 6.81. The number of aromatic nitrogens is 4. The number of pyridine rings is 1. The maximum Gasteiger partial charge on any atom is 0.137 e. The first-order valence-electron chi connectivity index (χ1n) is 18.3. The summed E-state index contributed by atoms with van der Waals surface area (Å²) in [5, 5.41) is 7.63. The summed E-state index contributed by atoms with van der Waals surface area (Å²) in [6.07, 6.45) is 4.04. The van der Waals surface area contributed by atoms with Crippen LogP contribution in [0.25, 0.3) is 44.4 Å². The molecule has 51 heavy (non-hydrogen) atoms. The Labute approximate surface area is 302 Å². The predicted octanol–water partition coefficient (Wildman–Crippen LogP) is 12.4. The fourth-order valence-electron chi connectivity index (χ4n) is 7.82. The third kappa shape index (κ3) is 6.35. The molecular weight excluding hydrogens is 625 g/mol. The van der Waals surface area contributed by atoms with Crippen LogP contribution >= 0.6 is 0 Å². The smallest absolute Gasteiger partial charge is 0.137 e. The molecular formula is C46H50N4O. The Hall–Kier alpha value is -5.16. The summed E-state index contributed by atoms with van der Waals surface area (Å²) in [6.45, 7) is 22.3. The molecule has 5 nitrogen and oxygen atoms in total. The van der Waals surface area contributed by atoms with Gasteiger partial charge in [0.15, 0.2) is 0 Å². The third-order valence-electron chi connectivity index (χ3n) is 9.98. The van der Waals surface area contributed by atoms with Gasteiger partial charge in [-0.1, -0.05) is 83.9 Å². The summed E-state index contributed by atoms with van der Waals surface area (Å²) in [4.78, 5) is 4.84. The second-order valence-electron chi connectivity index (χ2n) is 15.6. The summed E-state index contributed by atoms with van der Waals surface area (Å²) in [5.41, 5.74) is 14.1.